The molecule has 0 aromatic carbocycles. The van der Waals surface area contributed by atoms with Crippen molar-refractivity contribution >= 4 is 16.0 Å². The lowest BCUT2D eigenvalue weighted by atomic mass is 10.4. The normalized spacial score (nSPS) is 10.9. The van der Waals surface area contributed by atoms with E-state index in [-0.39, 0.29) is 6.61 Å². The Morgan fingerprint density at radius 3 is 2.29 bits per heavy atom. The van der Waals surface area contributed by atoms with Gasteiger partial charge >= 0.3 is 16.0 Å². The molecular formula is C8H18O5Si. The second kappa shape index (κ2) is 12.3. The average Bonchev–Trinajstić information content (AvgIpc) is 2.19. The number of ether oxygens (including phenoxy) is 1. The number of hydrogen-bond donors (Lipinski definition) is 1. The van der Waals surface area contributed by atoms with Crippen LogP contribution in [0, 0.1) is 0 Å². The average molecular weight is 222 g/mol. The predicted molar refractivity (Wildman–Crippen MR) is 55.4 cm³/mol. The second-order valence-corrected chi connectivity index (χ2v) is 3.52. The Bertz CT molecular complexity index is 149. The standard InChI is InChI=1S/C6H10O3.C2H8O2Si/c1-3-5(7)6(8)9-4-2;1-3-5-4-2/h3,5,7H,1,4H2,2H3;5H2,1-2H3. The first kappa shape index (κ1) is 15.8. The molecule has 1 atom stereocenters. The third-order valence-corrected chi connectivity index (χ3v) is 1.46. The SMILES string of the molecule is C=CC(O)C(=O)OCC.CO[SiH2]OC. The first-order chi connectivity index (χ1) is 6.63. The molecule has 0 rings (SSSR count). The molecule has 0 aliphatic heterocycles. The van der Waals surface area contributed by atoms with Gasteiger partial charge in [0.25, 0.3) is 0 Å². The fourth-order valence-corrected chi connectivity index (χ4v) is 0.677. The molecule has 0 heterocycles. The number of hydrogen-bond acceptors (Lipinski definition) is 5. The van der Waals surface area contributed by atoms with Crippen molar-refractivity contribution in [2.45, 2.75) is 13.0 Å². The number of aliphatic hydroxyl groups is 1. The van der Waals surface area contributed by atoms with Crippen LogP contribution in [0.25, 0.3) is 0 Å². The lowest BCUT2D eigenvalue weighted by molar-refractivity contribution is -0.150. The third kappa shape index (κ3) is 11.3. The number of esters is 1. The van der Waals surface area contributed by atoms with E-state index in [4.69, 9.17) is 5.11 Å². The van der Waals surface area contributed by atoms with Crippen LogP contribution >= 0.6 is 0 Å². The van der Waals surface area contributed by atoms with Gasteiger partial charge in [-0.2, -0.15) is 0 Å². The summed E-state index contributed by atoms with van der Waals surface area (Å²) in [6, 6.07) is 0. The van der Waals surface area contributed by atoms with Crippen molar-refractivity contribution in [2.24, 2.45) is 0 Å². The largest absolute Gasteiger partial charge is 0.464 e. The van der Waals surface area contributed by atoms with Gasteiger partial charge in [-0.25, -0.2) is 4.79 Å². The van der Waals surface area contributed by atoms with Crippen LogP contribution in [0.15, 0.2) is 12.7 Å². The highest BCUT2D eigenvalue weighted by atomic mass is 28.3. The van der Waals surface area contributed by atoms with Gasteiger partial charge in [-0.1, -0.05) is 12.7 Å². The van der Waals surface area contributed by atoms with E-state index in [1.807, 2.05) is 0 Å². The van der Waals surface area contributed by atoms with Crippen molar-refractivity contribution in [1.82, 2.24) is 0 Å². The zero-order valence-electron chi connectivity index (χ0n) is 8.86. The summed E-state index contributed by atoms with van der Waals surface area (Å²) in [5.74, 6) is -0.646. The predicted octanol–water partition coefficient (Wildman–Crippen LogP) is -0.626. The van der Waals surface area contributed by atoms with Gasteiger partial charge in [-0.05, 0) is 6.92 Å². The Balaban J connectivity index is 0. The monoisotopic (exact) mass is 222 g/mol. The molecule has 0 amide bonds. The molecule has 0 aromatic rings. The molecule has 0 spiro atoms. The number of carbonyl (C=O) groups excluding carboxylic acids is 1. The fourth-order valence-electron chi connectivity index (χ4n) is 0.442. The number of carbonyl (C=O) groups is 1. The van der Waals surface area contributed by atoms with Crippen LogP contribution in [-0.4, -0.2) is 48.0 Å². The van der Waals surface area contributed by atoms with Crippen LogP contribution in [0.5, 0.6) is 0 Å². The van der Waals surface area contributed by atoms with E-state index in [0.29, 0.717) is 0 Å². The van der Waals surface area contributed by atoms with Crippen LogP contribution in [0.1, 0.15) is 6.92 Å². The summed E-state index contributed by atoms with van der Waals surface area (Å²) in [4.78, 5) is 10.4. The quantitative estimate of drug-likeness (QED) is 0.381. The van der Waals surface area contributed by atoms with Crippen LogP contribution in [0.4, 0.5) is 0 Å². The maximum atomic E-state index is 10.4. The number of rotatable bonds is 5. The minimum Gasteiger partial charge on any atom is -0.464 e. The Labute approximate surface area is 86.7 Å². The third-order valence-electron chi connectivity index (χ3n) is 0.987. The van der Waals surface area contributed by atoms with E-state index >= 15 is 0 Å². The van der Waals surface area contributed by atoms with Gasteiger partial charge in [0.15, 0.2) is 6.10 Å². The summed E-state index contributed by atoms with van der Waals surface area (Å²) in [5.41, 5.74) is 0. The molecule has 0 aliphatic rings. The molecule has 0 bridgehead atoms. The summed E-state index contributed by atoms with van der Waals surface area (Å²) >= 11 is 0. The molecule has 0 saturated carbocycles. The highest BCUT2D eigenvalue weighted by Gasteiger charge is 2.09. The molecule has 1 N–H and O–H groups in total. The van der Waals surface area contributed by atoms with Crippen LogP contribution < -0.4 is 0 Å². The molecule has 0 radical (unpaired) electrons. The van der Waals surface area contributed by atoms with E-state index in [9.17, 15) is 4.79 Å². The molecule has 0 saturated heterocycles. The van der Waals surface area contributed by atoms with E-state index in [2.05, 4.69) is 20.2 Å². The molecule has 6 heteroatoms. The van der Waals surface area contributed by atoms with Gasteiger partial charge in [0.2, 0.25) is 0 Å². The molecule has 0 aliphatic carbocycles. The molecule has 1 unspecified atom stereocenters. The van der Waals surface area contributed by atoms with Gasteiger partial charge in [0, 0.05) is 14.2 Å². The highest BCUT2D eigenvalue weighted by molar-refractivity contribution is 6.17. The van der Waals surface area contributed by atoms with Crippen molar-refractivity contribution in [3.63, 3.8) is 0 Å². The van der Waals surface area contributed by atoms with Crippen molar-refractivity contribution < 1.29 is 23.5 Å². The van der Waals surface area contributed by atoms with Crippen LogP contribution in [0.2, 0.25) is 0 Å². The zero-order chi connectivity index (χ0) is 11.4. The molecule has 5 nitrogen and oxygen atoms in total. The van der Waals surface area contributed by atoms with Crippen molar-refractivity contribution in [3.8, 4) is 0 Å². The van der Waals surface area contributed by atoms with Crippen molar-refractivity contribution in [1.29, 1.82) is 0 Å². The van der Waals surface area contributed by atoms with Crippen molar-refractivity contribution in [3.05, 3.63) is 12.7 Å². The lowest BCUT2D eigenvalue weighted by Gasteiger charge is -2.02. The van der Waals surface area contributed by atoms with Gasteiger partial charge in [-0.3, -0.25) is 0 Å². The lowest BCUT2D eigenvalue weighted by Crippen LogP contribution is -2.19. The molecule has 0 fully saturated rings. The molecule has 0 aromatic heterocycles. The Morgan fingerprint density at radius 1 is 1.57 bits per heavy atom. The Kier molecular flexibility index (Phi) is 13.9. The molecule has 84 valence electrons. The Hall–Kier alpha value is -0.693. The second-order valence-electron chi connectivity index (χ2n) is 2.13. The van der Waals surface area contributed by atoms with E-state index in [0.717, 1.165) is 6.08 Å². The summed E-state index contributed by atoms with van der Waals surface area (Å²) < 4.78 is 13.6. The summed E-state index contributed by atoms with van der Waals surface area (Å²) in [7, 11) is 2.73. The first-order valence-corrected chi connectivity index (χ1v) is 5.24. The smallest absolute Gasteiger partial charge is 0.338 e. The Morgan fingerprint density at radius 2 is 2.07 bits per heavy atom. The summed E-state index contributed by atoms with van der Waals surface area (Å²) in [6.45, 7) is 5.17. The van der Waals surface area contributed by atoms with E-state index < -0.39 is 22.1 Å². The number of aliphatic hydroxyl groups excluding tert-OH is 1. The first-order valence-electron chi connectivity index (χ1n) is 4.09. The molecule has 14 heavy (non-hydrogen) atoms. The fraction of sp³-hybridized carbons (Fsp3) is 0.625. The van der Waals surface area contributed by atoms with Gasteiger partial charge < -0.3 is 18.7 Å². The van der Waals surface area contributed by atoms with Crippen LogP contribution in [-0.2, 0) is 18.4 Å². The van der Waals surface area contributed by atoms with Crippen LogP contribution in [0.3, 0.4) is 0 Å². The van der Waals surface area contributed by atoms with E-state index in [1.54, 1.807) is 21.1 Å². The minimum atomic E-state index is -1.18. The van der Waals surface area contributed by atoms with Gasteiger partial charge in [0.1, 0.15) is 0 Å². The van der Waals surface area contributed by atoms with Crippen molar-refractivity contribution in [2.75, 3.05) is 20.8 Å². The van der Waals surface area contributed by atoms with Gasteiger partial charge in [0.05, 0.1) is 6.61 Å². The highest BCUT2D eigenvalue weighted by Crippen LogP contribution is 1.87. The zero-order valence-corrected chi connectivity index (χ0v) is 10.3. The summed E-state index contributed by atoms with van der Waals surface area (Å²) in [5, 5.41) is 8.66. The molecular weight excluding hydrogens is 204 g/mol. The van der Waals surface area contributed by atoms with E-state index in [1.165, 1.54) is 0 Å². The topological polar surface area (TPSA) is 65.0 Å². The maximum absolute atomic E-state index is 10.4. The minimum absolute atomic E-state index is 0.281. The van der Waals surface area contributed by atoms with Gasteiger partial charge in [-0.15, -0.1) is 0 Å². The maximum Gasteiger partial charge on any atom is 0.338 e. The summed E-state index contributed by atoms with van der Waals surface area (Å²) in [6.07, 6.45) is -0.0530.